The Morgan fingerprint density at radius 3 is 2.70 bits per heavy atom. The molecule has 0 saturated heterocycles. The van der Waals surface area contributed by atoms with Gasteiger partial charge in [-0.2, -0.15) is 5.10 Å². The number of amides is 1. The highest BCUT2D eigenvalue weighted by Crippen LogP contribution is 2.47. The number of aryl methyl sites for hydroxylation is 1. The van der Waals surface area contributed by atoms with Gasteiger partial charge in [0.2, 0.25) is 0 Å². The maximum Gasteiger partial charge on any atom is 0.259 e. The number of hydrogen-bond acceptors (Lipinski definition) is 4. The van der Waals surface area contributed by atoms with Crippen LogP contribution in [-0.2, 0) is 12.5 Å². The van der Waals surface area contributed by atoms with Crippen LogP contribution in [0.25, 0.3) is 0 Å². The maximum absolute atomic E-state index is 12.3. The van der Waals surface area contributed by atoms with Gasteiger partial charge in [0, 0.05) is 19.4 Å². The molecule has 0 aromatic carbocycles. The molecule has 1 aliphatic carbocycles. The van der Waals surface area contributed by atoms with E-state index in [9.17, 15) is 4.79 Å². The first kappa shape index (κ1) is 15.7. The van der Waals surface area contributed by atoms with Gasteiger partial charge >= 0.3 is 0 Å². The number of pyridine rings is 1. The zero-order valence-corrected chi connectivity index (χ0v) is 13.8. The van der Waals surface area contributed by atoms with Gasteiger partial charge in [-0.15, -0.1) is 0 Å². The Morgan fingerprint density at radius 2 is 2.17 bits per heavy atom. The Hall–Kier alpha value is -2.21. The maximum atomic E-state index is 12.3. The van der Waals surface area contributed by atoms with Crippen LogP contribution in [0.2, 0.25) is 5.15 Å². The monoisotopic (exact) mass is 331 g/mol. The highest BCUT2D eigenvalue weighted by molar-refractivity contribution is 6.29. The van der Waals surface area contributed by atoms with Crippen LogP contribution < -0.4 is 5.32 Å². The molecule has 0 radical (unpaired) electrons. The van der Waals surface area contributed by atoms with Gasteiger partial charge in [-0.1, -0.05) is 17.7 Å². The lowest BCUT2D eigenvalue weighted by atomic mass is 9.77. The third-order valence-corrected chi connectivity index (χ3v) is 4.67. The van der Waals surface area contributed by atoms with E-state index in [1.807, 2.05) is 13.0 Å². The average Bonchev–Trinajstić information content (AvgIpc) is 3.29. The molecule has 1 amide bonds. The first-order valence-electron chi connectivity index (χ1n) is 7.42. The summed E-state index contributed by atoms with van der Waals surface area (Å²) in [7, 11) is 1.75. The predicted octanol–water partition coefficient (Wildman–Crippen LogP) is 2.54. The lowest BCUT2D eigenvalue weighted by molar-refractivity contribution is 0.0974. The van der Waals surface area contributed by atoms with Crippen molar-refractivity contribution in [3.8, 4) is 0 Å². The molecule has 0 aliphatic heterocycles. The topological polar surface area (TPSA) is 83.7 Å². The Balaban J connectivity index is 1.84. The SMILES string of the molecule is Cn1cc(C(=O)NC(=N)[C@@](C)(c2ccc(Cl)nc2)C2CC2)cn1. The molecule has 1 fully saturated rings. The molecular formula is C16H18ClN5O. The van der Waals surface area contributed by atoms with Crippen molar-refractivity contribution in [3.05, 3.63) is 47.0 Å². The van der Waals surface area contributed by atoms with Crippen molar-refractivity contribution >= 4 is 23.3 Å². The molecular weight excluding hydrogens is 314 g/mol. The van der Waals surface area contributed by atoms with Crippen LogP contribution in [0.15, 0.2) is 30.7 Å². The second-order valence-electron chi connectivity index (χ2n) is 6.08. The number of amidine groups is 1. The highest BCUT2D eigenvalue weighted by atomic mass is 35.5. The average molecular weight is 332 g/mol. The van der Waals surface area contributed by atoms with Crippen LogP contribution in [0, 0.1) is 11.3 Å². The van der Waals surface area contributed by atoms with Crippen molar-refractivity contribution in [2.45, 2.75) is 25.2 Å². The Morgan fingerprint density at radius 1 is 1.43 bits per heavy atom. The molecule has 0 unspecified atom stereocenters. The molecule has 3 rings (SSSR count). The molecule has 23 heavy (non-hydrogen) atoms. The fourth-order valence-corrected chi connectivity index (χ4v) is 2.89. The van der Waals surface area contributed by atoms with E-state index in [0.29, 0.717) is 16.6 Å². The largest absolute Gasteiger partial charge is 0.310 e. The van der Waals surface area contributed by atoms with Crippen molar-refractivity contribution in [3.63, 3.8) is 0 Å². The zero-order chi connectivity index (χ0) is 16.6. The van der Waals surface area contributed by atoms with Crippen LogP contribution in [0.4, 0.5) is 0 Å². The van der Waals surface area contributed by atoms with Crippen LogP contribution in [0.5, 0.6) is 0 Å². The van der Waals surface area contributed by atoms with Gasteiger partial charge in [-0.25, -0.2) is 4.98 Å². The third kappa shape index (κ3) is 2.99. The summed E-state index contributed by atoms with van der Waals surface area (Å²) in [5, 5.41) is 15.6. The number of carbonyl (C=O) groups is 1. The minimum atomic E-state index is -0.574. The molecule has 0 bridgehead atoms. The number of carbonyl (C=O) groups excluding carboxylic acids is 1. The number of nitrogens with zero attached hydrogens (tertiary/aromatic N) is 3. The molecule has 2 heterocycles. The van der Waals surface area contributed by atoms with Crippen LogP contribution >= 0.6 is 11.6 Å². The van der Waals surface area contributed by atoms with Gasteiger partial charge in [0.05, 0.1) is 17.2 Å². The van der Waals surface area contributed by atoms with Crippen molar-refractivity contribution in [1.82, 2.24) is 20.1 Å². The van der Waals surface area contributed by atoms with E-state index in [1.54, 1.807) is 30.2 Å². The number of aromatic nitrogens is 3. The van der Waals surface area contributed by atoms with Crippen molar-refractivity contribution < 1.29 is 4.79 Å². The van der Waals surface area contributed by atoms with Crippen molar-refractivity contribution in [2.75, 3.05) is 0 Å². The van der Waals surface area contributed by atoms with E-state index in [4.69, 9.17) is 17.0 Å². The molecule has 1 saturated carbocycles. The van der Waals surface area contributed by atoms with E-state index in [1.165, 1.54) is 6.20 Å². The fraction of sp³-hybridized carbons (Fsp3) is 0.375. The lowest BCUT2D eigenvalue weighted by Crippen LogP contribution is -2.46. The number of rotatable bonds is 4. The summed E-state index contributed by atoms with van der Waals surface area (Å²) in [6.07, 6.45) is 6.86. The number of halogens is 1. The molecule has 1 aliphatic rings. The Bertz CT molecular complexity index is 750. The second-order valence-corrected chi connectivity index (χ2v) is 6.47. The highest BCUT2D eigenvalue weighted by Gasteiger charge is 2.47. The molecule has 1 atom stereocenters. The quantitative estimate of drug-likeness (QED) is 0.513. The molecule has 2 aromatic rings. The smallest absolute Gasteiger partial charge is 0.259 e. The second kappa shape index (κ2) is 5.77. The lowest BCUT2D eigenvalue weighted by Gasteiger charge is -2.31. The van der Waals surface area contributed by atoms with Gasteiger partial charge in [0.1, 0.15) is 11.0 Å². The van der Waals surface area contributed by atoms with Gasteiger partial charge < -0.3 is 5.32 Å². The number of hydrogen-bond donors (Lipinski definition) is 2. The molecule has 2 aromatic heterocycles. The zero-order valence-electron chi connectivity index (χ0n) is 13.0. The first-order valence-corrected chi connectivity index (χ1v) is 7.80. The van der Waals surface area contributed by atoms with Crippen molar-refractivity contribution in [2.24, 2.45) is 13.0 Å². The van der Waals surface area contributed by atoms with Gasteiger partial charge in [0.15, 0.2) is 0 Å². The van der Waals surface area contributed by atoms with Gasteiger partial charge in [-0.3, -0.25) is 14.9 Å². The van der Waals surface area contributed by atoms with Crippen molar-refractivity contribution in [1.29, 1.82) is 5.41 Å². The van der Waals surface area contributed by atoms with E-state index >= 15 is 0 Å². The predicted molar refractivity (Wildman–Crippen MR) is 87.7 cm³/mol. The third-order valence-electron chi connectivity index (χ3n) is 4.45. The summed E-state index contributed by atoms with van der Waals surface area (Å²) in [5.74, 6) is 0.182. The van der Waals surface area contributed by atoms with E-state index in [0.717, 1.165) is 18.4 Å². The molecule has 6 nitrogen and oxygen atoms in total. The normalized spacial score (nSPS) is 16.7. The first-order chi connectivity index (χ1) is 10.9. The summed E-state index contributed by atoms with van der Waals surface area (Å²) in [4.78, 5) is 16.4. The minimum Gasteiger partial charge on any atom is -0.310 e. The van der Waals surface area contributed by atoms with E-state index in [2.05, 4.69) is 15.4 Å². The van der Waals surface area contributed by atoms with Gasteiger partial charge in [-0.05, 0) is 37.3 Å². The number of nitrogens with one attached hydrogen (secondary N) is 2. The van der Waals surface area contributed by atoms with Gasteiger partial charge in [0.25, 0.3) is 5.91 Å². The molecule has 0 spiro atoms. The summed E-state index contributed by atoms with van der Waals surface area (Å²) in [6, 6.07) is 3.59. The standard InChI is InChI=1S/C16H18ClN5O/c1-16(11-3-4-11,12-5-6-13(17)19-8-12)15(18)21-14(23)10-7-20-22(2)9-10/h5-9,11H,3-4H2,1-2H3,(H2,18,21,23)/t16-/m1/s1. The fourth-order valence-electron chi connectivity index (χ4n) is 2.78. The summed E-state index contributed by atoms with van der Waals surface area (Å²) >= 11 is 5.86. The van der Waals surface area contributed by atoms with Crippen LogP contribution in [0.3, 0.4) is 0 Å². The summed E-state index contributed by atoms with van der Waals surface area (Å²) in [5.41, 5.74) is 0.751. The van der Waals surface area contributed by atoms with Crippen LogP contribution in [-0.4, -0.2) is 26.5 Å². The molecule has 2 N–H and O–H groups in total. The Labute approximate surface area is 139 Å². The molecule has 120 valence electrons. The van der Waals surface area contributed by atoms with E-state index in [-0.39, 0.29) is 11.7 Å². The van der Waals surface area contributed by atoms with Crippen LogP contribution in [0.1, 0.15) is 35.7 Å². The summed E-state index contributed by atoms with van der Waals surface area (Å²) < 4.78 is 1.56. The summed E-state index contributed by atoms with van der Waals surface area (Å²) in [6.45, 7) is 1.97. The molecule has 7 heteroatoms. The Kier molecular flexibility index (Phi) is 3.93. The van der Waals surface area contributed by atoms with E-state index < -0.39 is 5.41 Å². The minimum absolute atomic E-state index is 0.179.